The van der Waals surface area contributed by atoms with Crippen LogP contribution < -0.4 is 0 Å². The quantitative estimate of drug-likeness (QED) is 0.724. The highest BCUT2D eigenvalue weighted by Gasteiger charge is 2.43. The molecule has 1 N–H and O–H groups in total. The molecule has 0 saturated carbocycles. The van der Waals surface area contributed by atoms with E-state index in [1.54, 1.807) is 19.3 Å². The highest BCUT2D eigenvalue weighted by molar-refractivity contribution is 5.95. The number of carboxylic acid groups (broad SMARTS) is 1. The van der Waals surface area contributed by atoms with Crippen LogP contribution in [0.3, 0.4) is 0 Å². The van der Waals surface area contributed by atoms with E-state index in [1.807, 2.05) is 23.9 Å². The molecule has 2 aliphatic heterocycles. The van der Waals surface area contributed by atoms with Gasteiger partial charge in [-0.25, -0.2) is 4.79 Å². The largest absolute Gasteiger partial charge is 0.490 e. The number of rotatable bonds is 4. The number of carbonyl (C=O) groups excluding carboxylic acids is 2. The third kappa shape index (κ3) is 6.70. The van der Waals surface area contributed by atoms with E-state index in [1.165, 1.54) is 0 Å². The molecule has 0 aromatic carbocycles. The van der Waals surface area contributed by atoms with Crippen LogP contribution in [0.25, 0.3) is 0 Å². The zero-order valence-electron chi connectivity index (χ0n) is 18.3. The molecule has 12 heteroatoms. The molecule has 0 atom stereocenters. The van der Waals surface area contributed by atoms with E-state index >= 15 is 0 Å². The summed E-state index contributed by atoms with van der Waals surface area (Å²) in [6, 6.07) is 1.72. The summed E-state index contributed by atoms with van der Waals surface area (Å²) in [6.07, 6.45) is -2.03. The molecule has 1 aromatic rings. The normalized spacial score (nSPS) is 18.5. The van der Waals surface area contributed by atoms with Crippen molar-refractivity contribution in [2.24, 2.45) is 0 Å². The molecule has 0 aliphatic carbocycles. The lowest BCUT2D eigenvalue weighted by molar-refractivity contribution is -0.192. The minimum absolute atomic E-state index is 0.0115. The Bertz CT molecular complexity index is 816. The van der Waals surface area contributed by atoms with E-state index in [-0.39, 0.29) is 24.0 Å². The summed E-state index contributed by atoms with van der Waals surface area (Å²) in [5.74, 6) is -2.04. The van der Waals surface area contributed by atoms with E-state index < -0.39 is 12.1 Å². The molecular weight excluding hydrogens is 435 g/mol. The molecule has 0 unspecified atom stereocenters. The summed E-state index contributed by atoms with van der Waals surface area (Å²) < 4.78 is 42.9. The first kappa shape index (κ1) is 25.7. The Morgan fingerprint density at radius 3 is 2.31 bits per heavy atom. The number of alkyl halides is 3. The molecular formula is C20H28F3N3O6. The number of carboxylic acids is 1. The summed E-state index contributed by atoms with van der Waals surface area (Å²) in [6.45, 7) is 5.39. The number of hydrogen-bond donors (Lipinski definition) is 1. The van der Waals surface area contributed by atoms with Crippen LogP contribution in [0.2, 0.25) is 0 Å². The maximum atomic E-state index is 12.6. The van der Waals surface area contributed by atoms with Gasteiger partial charge in [0.25, 0.3) is 5.91 Å². The summed E-state index contributed by atoms with van der Waals surface area (Å²) in [4.78, 5) is 39.4. The van der Waals surface area contributed by atoms with Crippen molar-refractivity contribution in [3.05, 3.63) is 23.7 Å². The van der Waals surface area contributed by atoms with Gasteiger partial charge in [0.2, 0.25) is 5.91 Å². The fourth-order valence-electron chi connectivity index (χ4n) is 3.51. The second-order valence-corrected chi connectivity index (χ2v) is 8.08. The lowest BCUT2D eigenvalue weighted by Gasteiger charge is -2.47. The molecule has 2 fully saturated rings. The highest BCUT2D eigenvalue weighted by atomic mass is 19.4. The number of morpholine rings is 1. The Labute approximate surface area is 183 Å². The van der Waals surface area contributed by atoms with Crippen LogP contribution in [0.15, 0.2) is 16.7 Å². The van der Waals surface area contributed by atoms with Crippen molar-refractivity contribution in [3.8, 4) is 0 Å². The van der Waals surface area contributed by atoms with Crippen molar-refractivity contribution in [1.82, 2.24) is 14.7 Å². The summed E-state index contributed by atoms with van der Waals surface area (Å²) in [5, 5.41) is 7.12. The van der Waals surface area contributed by atoms with Crippen molar-refractivity contribution >= 4 is 17.8 Å². The molecule has 2 saturated heterocycles. The third-order valence-electron chi connectivity index (χ3n) is 5.44. The smallest absolute Gasteiger partial charge is 0.475 e. The van der Waals surface area contributed by atoms with E-state index in [2.05, 4.69) is 4.90 Å². The highest BCUT2D eigenvalue weighted by Crippen LogP contribution is 2.31. The zero-order chi connectivity index (χ0) is 24.1. The molecule has 1 aromatic heterocycles. The molecule has 0 radical (unpaired) electrons. The SMILES string of the molecule is Cc1occc1C(=O)N1CCC2(CC1)CN(CCN(C)C)C(=O)CO2.O=C(O)C(F)(F)F. The molecule has 0 bridgehead atoms. The minimum atomic E-state index is -5.08. The zero-order valence-corrected chi connectivity index (χ0v) is 18.3. The standard InChI is InChI=1S/C18H27N3O4.C2HF3O2/c1-14-15(4-11-24-14)17(23)20-7-5-18(6-8-20)13-21(10-9-19(2)3)16(22)12-25-18;3-2(4,5)1(6)7/h4,11H,5-10,12-13H2,1-3H3;(H,6,7). The molecule has 32 heavy (non-hydrogen) atoms. The van der Waals surface area contributed by atoms with Crippen molar-refractivity contribution in [2.75, 3.05) is 53.4 Å². The van der Waals surface area contributed by atoms with Crippen LogP contribution in [-0.4, -0.2) is 103 Å². The van der Waals surface area contributed by atoms with Crippen LogP contribution in [-0.2, 0) is 14.3 Å². The van der Waals surface area contributed by atoms with Crippen LogP contribution in [0.1, 0.15) is 29.0 Å². The first-order chi connectivity index (χ1) is 14.8. The average molecular weight is 463 g/mol. The minimum Gasteiger partial charge on any atom is -0.475 e. The molecule has 2 aliphatic rings. The van der Waals surface area contributed by atoms with Gasteiger partial charge in [0.05, 0.1) is 17.4 Å². The fourth-order valence-corrected chi connectivity index (χ4v) is 3.51. The lowest BCUT2D eigenvalue weighted by atomic mass is 9.89. The summed E-state index contributed by atoms with van der Waals surface area (Å²) in [5.41, 5.74) is 0.311. The molecule has 1 spiro atoms. The first-order valence-corrected chi connectivity index (χ1v) is 10.0. The first-order valence-electron chi connectivity index (χ1n) is 10.0. The van der Waals surface area contributed by atoms with Gasteiger partial charge in [-0.2, -0.15) is 13.2 Å². The number of ether oxygens (including phenoxy) is 1. The Hall–Kier alpha value is -2.60. The number of carbonyl (C=O) groups is 3. The Balaban J connectivity index is 0.000000451. The number of piperidine rings is 1. The number of likely N-dealkylation sites (tertiary alicyclic amines) is 1. The molecule has 9 nitrogen and oxygen atoms in total. The van der Waals surface area contributed by atoms with Crippen molar-refractivity contribution in [1.29, 1.82) is 0 Å². The van der Waals surface area contributed by atoms with E-state index in [0.717, 1.165) is 19.4 Å². The van der Waals surface area contributed by atoms with Gasteiger partial charge in [0, 0.05) is 32.7 Å². The van der Waals surface area contributed by atoms with E-state index in [4.69, 9.17) is 19.1 Å². The maximum absolute atomic E-state index is 12.6. The van der Waals surface area contributed by atoms with Crippen LogP contribution >= 0.6 is 0 Å². The van der Waals surface area contributed by atoms with E-state index in [0.29, 0.717) is 37.5 Å². The van der Waals surface area contributed by atoms with Crippen molar-refractivity contribution in [2.45, 2.75) is 31.5 Å². The van der Waals surface area contributed by atoms with Crippen LogP contribution in [0, 0.1) is 6.92 Å². The monoisotopic (exact) mass is 463 g/mol. The number of amides is 2. The van der Waals surface area contributed by atoms with E-state index in [9.17, 15) is 22.8 Å². The molecule has 3 heterocycles. The van der Waals surface area contributed by atoms with Gasteiger partial charge in [-0.3, -0.25) is 9.59 Å². The number of hydrogen-bond acceptors (Lipinski definition) is 6. The number of nitrogens with zero attached hydrogens (tertiary/aromatic N) is 3. The summed E-state index contributed by atoms with van der Waals surface area (Å²) in [7, 11) is 4.01. The third-order valence-corrected chi connectivity index (χ3v) is 5.44. The van der Waals surface area contributed by atoms with Crippen LogP contribution in [0.5, 0.6) is 0 Å². The topological polar surface area (TPSA) is 104 Å². The Kier molecular flexibility index (Phi) is 8.29. The average Bonchev–Trinajstić information content (AvgIpc) is 3.14. The van der Waals surface area contributed by atoms with Crippen LogP contribution in [0.4, 0.5) is 13.2 Å². The predicted molar refractivity (Wildman–Crippen MR) is 106 cm³/mol. The van der Waals surface area contributed by atoms with Gasteiger partial charge in [0.15, 0.2) is 0 Å². The second-order valence-electron chi connectivity index (χ2n) is 8.08. The molecule has 2 amide bonds. The Morgan fingerprint density at radius 1 is 1.25 bits per heavy atom. The van der Waals surface area contributed by atoms with Gasteiger partial charge in [-0.1, -0.05) is 0 Å². The molecule has 180 valence electrons. The second kappa shape index (κ2) is 10.3. The number of halogens is 3. The van der Waals surface area contributed by atoms with Gasteiger partial charge in [-0.15, -0.1) is 0 Å². The number of furan rings is 1. The van der Waals surface area contributed by atoms with Gasteiger partial charge in [-0.05, 0) is 39.9 Å². The number of aryl methyl sites for hydroxylation is 1. The predicted octanol–water partition coefficient (Wildman–Crippen LogP) is 1.62. The fraction of sp³-hybridized carbons (Fsp3) is 0.650. The lowest BCUT2D eigenvalue weighted by Crippen LogP contribution is -2.59. The number of aliphatic carboxylic acids is 1. The van der Waals surface area contributed by atoms with Gasteiger partial charge >= 0.3 is 12.1 Å². The van der Waals surface area contributed by atoms with Gasteiger partial charge < -0.3 is 29.0 Å². The summed E-state index contributed by atoms with van der Waals surface area (Å²) >= 11 is 0. The molecule has 3 rings (SSSR count). The maximum Gasteiger partial charge on any atom is 0.490 e. The van der Waals surface area contributed by atoms with Gasteiger partial charge in [0.1, 0.15) is 12.4 Å². The number of likely N-dealkylation sites (N-methyl/N-ethyl adjacent to an activating group) is 1. The van der Waals surface area contributed by atoms with Crippen molar-refractivity contribution < 1.29 is 41.8 Å². The van der Waals surface area contributed by atoms with Crippen molar-refractivity contribution in [3.63, 3.8) is 0 Å². The Morgan fingerprint density at radius 2 is 1.84 bits per heavy atom.